The molecule has 7 heteroatoms. The average molecular weight is 541 g/mol. The van der Waals surface area contributed by atoms with Gasteiger partial charge in [0, 0.05) is 23.0 Å². The van der Waals surface area contributed by atoms with E-state index in [1.807, 2.05) is 75.4 Å². The zero-order chi connectivity index (χ0) is 25.4. The number of para-hydroxylation sites is 1. The maximum atomic E-state index is 14.1. The fourth-order valence-electron chi connectivity index (χ4n) is 3.62. The Morgan fingerprint density at radius 3 is 2.29 bits per heavy atom. The maximum absolute atomic E-state index is 14.1. The quantitative estimate of drug-likeness (QED) is 0.388. The van der Waals surface area contributed by atoms with Gasteiger partial charge >= 0.3 is 0 Å². The second-order valence-electron chi connectivity index (χ2n) is 9.32. The monoisotopic (exact) mass is 540 g/mol. The van der Waals surface area contributed by atoms with E-state index in [1.54, 1.807) is 12.1 Å². The molecule has 35 heavy (non-hydrogen) atoms. The number of halogens is 2. The highest BCUT2D eigenvalue weighted by atomic mass is 79.9. The van der Waals surface area contributed by atoms with Crippen molar-refractivity contribution in [2.45, 2.75) is 45.3 Å². The first-order valence-electron chi connectivity index (χ1n) is 11.4. The van der Waals surface area contributed by atoms with Crippen molar-refractivity contribution in [1.29, 1.82) is 0 Å². The molecule has 0 spiro atoms. The van der Waals surface area contributed by atoms with Gasteiger partial charge in [-0.1, -0.05) is 70.5 Å². The predicted molar refractivity (Wildman–Crippen MR) is 138 cm³/mol. The van der Waals surface area contributed by atoms with Gasteiger partial charge in [0.2, 0.25) is 5.91 Å². The van der Waals surface area contributed by atoms with Crippen molar-refractivity contribution in [2.24, 2.45) is 0 Å². The molecule has 0 saturated heterocycles. The minimum absolute atomic E-state index is 0.0120. The summed E-state index contributed by atoms with van der Waals surface area (Å²) in [5.41, 5.74) is 1.28. The summed E-state index contributed by atoms with van der Waals surface area (Å²) in [5.74, 6) is -1.25. The fourth-order valence-corrected chi connectivity index (χ4v) is 4.07. The molecule has 0 aliphatic heterocycles. The second-order valence-corrected chi connectivity index (χ2v) is 10.2. The van der Waals surface area contributed by atoms with Crippen LogP contribution in [0.3, 0.4) is 0 Å². The average Bonchev–Trinajstić information content (AvgIpc) is 2.80. The maximum Gasteiger partial charge on any atom is 0.261 e. The molecule has 5 nitrogen and oxygen atoms in total. The number of hydrogen-bond acceptors (Lipinski definition) is 3. The minimum atomic E-state index is -0.799. The van der Waals surface area contributed by atoms with Crippen LogP contribution < -0.4 is 10.1 Å². The van der Waals surface area contributed by atoms with Crippen molar-refractivity contribution in [3.05, 3.63) is 100 Å². The zero-order valence-corrected chi connectivity index (χ0v) is 21.7. The zero-order valence-electron chi connectivity index (χ0n) is 20.1. The largest absolute Gasteiger partial charge is 0.481 e. The lowest BCUT2D eigenvalue weighted by molar-refractivity contribution is -0.143. The SMILES string of the molecule is CC(C)(C)NC(=O)C(Cc1ccccc1)N(Cc1cccc(Br)c1)C(=O)COc1ccccc1F. The van der Waals surface area contributed by atoms with Gasteiger partial charge in [0.15, 0.2) is 18.2 Å². The summed E-state index contributed by atoms with van der Waals surface area (Å²) in [7, 11) is 0. The van der Waals surface area contributed by atoms with Gasteiger partial charge in [-0.15, -0.1) is 0 Å². The van der Waals surface area contributed by atoms with E-state index in [1.165, 1.54) is 17.0 Å². The van der Waals surface area contributed by atoms with Gasteiger partial charge in [-0.25, -0.2) is 4.39 Å². The summed E-state index contributed by atoms with van der Waals surface area (Å²) in [4.78, 5) is 28.5. The van der Waals surface area contributed by atoms with Crippen LogP contribution in [0.5, 0.6) is 5.75 Å². The predicted octanol–water partition coefficient (Wildman–Crippen LogP) is 5.52. The van der Waals surface area contributed by atoms with Crippen molar-refractivity contribution in [2.75, 3.05) is 6.61 Å². The molecular formula is C28H30BrFN2O3. The normalized spacial score (nSPS) is 12.0. The lowest BCUT2D eigenvalue weighted by Crippen LogP contribution is -2.55. The van der Waals surface area contributed by atoms with Crippen molar-refractivity contribution < 1.29 is 18.7 Å². The van der Waals surface area contributed by atoms with E-state index in [9.17, 15) is 14.0 Å². The third-order valence-corrected chi connectivity index (χ3v) is 5.69. The minimum Gasteiger partial charge on any atom is -0.481 e. The fraction of sp³-hybridized carbons (Fsp3) is 0.286. The van der Waals surface area contributed by atoms with Crippen LogP contribution in [0.25, 0.3) is 0 Å². The van der Waals surface area contributed by atoms with Crippen molar-refractivity contribution in [3.63, 3.8) is 0 Å². The van der Waals surface area contributed by atoms with E-state index < -0.39 is 29.9 Å². The third-order valence-electron chi connectivity index (χ3n) is 5.20. The number of benzene rings is 3. The Hall–Kier alpha value is -3.19. The summed E-state index contributed by atoms with van der Waals surface area (Å²) in [5, 5.41) is 3.01. The smallest absolute Gasteiger partial charge is 0.261 e. The molecule has 0 saturated carbocycles. The van der Waals surface area contributed by atoms with E-state index >= 15 is 0 Å². The van der Waals surface area contributed by atoms with E-state index in [0.717, 1.165) is 15.6 Å². The number of carbonyl (C=O) groups is 2. The van der Waals surface area contributed by atoms with Crippen LogP contribution in [-0.4, -0.2) is 34.9 Å². The molecule has 3 aromatic rings. The number of hydrogen-bond donors (Lipinski definition) is 1. The van der Waals surface area contributed by atoms with Crippen LogP contribution in [-0.2, 0) is 22.6 Å². The Kier molecular flexibility index (Phi) is 9.04. The Balaban J connectivity index is 1.94. The van der Waals surface area contributed by atoms with Crippen LogP contribution >= 0.6 is 15.9 Å². The Morgan fingerprint density at radius 2 is 1.63 bits per heavy atom. The van der Waals surface area contributed by atoms with Gasteiger partial charge in [0.25, 0.3) is 5.91 Å². The third kappa shape index (κ3) is 8.21. The van der Waals surface area contributed by atoms with Gasteiger partial charge in [0.1, 0.15) is 6.04 Å². The standard InChI is InChI=1S/C28H30BrFN2O3/c1-28(2,3)31-27(34)24(17-20-10-5-4-6-11-20)32(18-21-12-9-13-22(29)16-21)26(33)19-35-25-15-8-7-14-23(25)30/h4-16,24H,17-19H2,1-3H3,(H,31,34). The molecule has 0 aromatic heterocycles. The second kappa shape index (κ2) is 12.0. The number of carbonyl (C=O) groups excluding carboxylic acids is 2. The molecular weight excluding hydrogens is 511 g/mol. The van der Waals surface area contributed by atoms with Crippen molar-refractivity contribution >= 4 is 27.7 Å². The summed E-state index contributed by atoms with van der Waals surface area (Å²) in [6.07, 6.45) is 0.322. The van der Waals surface area contributed by atoms with Gasteiger partial charge in [0.05, 0.1) is 0 Å². The molecule has 1 atom stereocenters. The first-order chi connectivity index (χ1) is 16.6. The lowest BCUT2D eigenvalue weighted by Gasteiger charge is -2.33. The number of ether oxygens (including phenoxy) is 1. The van der Waals surface area contributed by atoms with E-state index in [2.05, 4.69) is 21.2 Å². The summed E-state index contributed by atoms with van der Waals surface area (Å²) in [6, 6.07) is 22.2. The topological polar surface area (TPSA) is 58.6 Å². The van der Waals surface area contributed by atoms with Gasteiger partial charge in [-0.05, 0) is 56.2 Å². The molecule has 3 rings (SSSR count). The van der Waals surface area contributed by atoms with E-state index in [-0.39, 0.29) is 18.2 Å². The Labute approximate surface area is 214 Å². The lowest BCUT2D eigenvalue weighted by atomic mass is 10.0. The van der Waals surface area contributed by atoms with Crippen LogP contribution in [0, 0.1) is 5.82 Å². The highest BCUT2D eigenvalue weighted by Gasteiger charge is 2.32. The molecule has 0 bridgehead atoms. The summed E-state index contributed by atoms with van der Waals surface area (Å²) in [6.45, 7) is 5.47. The van der Waals surface area contributed by atoms with Gasteiger partial charge < -0.3 is 15.0 Å². The Bertz CT molecular complexity index is 1150. The molecule has 0 aliphatic rings. The molecule has 2 amide bonds. The first-order valence-corrected chi connectivity index (χ1v) is 12.2. The first kappa shape index (κ1) is 26.4. The highest BCUT2D eigenvalue weighted by molar-refractivity contribution is 9.10. The van der Waals surface area contributed by atoms with Crippen LogP contribution in [0.4, 0.5) is 4.39 Å². The molecule has 1 N–H and O–H groups in total. The summed E-state index contributed by atoms with van der Waals surface area (Å²) >= 11 is 3.47. The number of rotatable bonds is 9. The van der Waals surface area contributed by atoms with Crippen LogP contribution in [0.15, 0.2) is 83.3 Å². The summed E-state index contributed by atoms with van der Waals surface area (Å²) < 4.78 is 20.5. The van der Waals surface area contributed by atoms with E-state index in [0.29, 0.717) is 6.42 Å². The van der Waals surface area contributed by atoms with Crippen molar-refractivity contribution in [3.8, 4) is 5.75 Å². The number of nitrogens with one attached hydrogen (secondary N) is 1. The Morgan fingerprint density at radius 1 is 0.971 bits per heavy atom. The molecule has 0 fully saturated rings. The van der Waals surface area contributed by atoms with Gasteiger partial charge in [-0.2, -0.15) is 0 Å². The van der Waals surface area contributed by atoms with Gasteiger partial charge in [-0.3, -0.25) is 9.59 Å². The molecule has 0 aliphatic carbocycles. The molecule has 1 unspecified atom stereocenters. The molecule has 0 radical (unpaired) electrons. The van der Waals surface area contributed by atoms with Crippen LogP contribution in [0.2, 0.25) is 0 Å². The van der Waals surface area contributed by atoms with Crippen molar-refractivity contribution in [1.82, 2.24) is 10.2 Å². The van der Waals surface area contributed by atoms with Crippen LogP contribution in [0.1, 0.15) is 31.9 Å². The molecule has 0 heterocycles. The molecule has 3 aromatic carbocycles. The number of amides is 2. The van der Waals surface area contributed by atoms with E-state index in [4.69, 9.17) is 4.74 Å². The molecule has 184 valence electrons. The highest BCUT2D eigenvalue weighted by Crippen LogP contribution is 2.20. The number of nitrogens with zero attached hydrogens (tertiary/aromatic N) is 1.